The number of esters is 3. The van der Waals surface area contributed by atoms with Crippen LogP contribution in [0.1, 0.15) is 303 Å². The van der Waals surface area contributed by atoms with Crippen molar-refractivity contribution in [3.63, 3.8) is 0 Å². The number of allylic oxidation sites excluding steroid dienone is 16. The molecule has 0 rings (SSSR count). The molecule has 6 nitrogen and oxygen atoms in total. The molecule has 0 saturated carbocycles. The molecule has 430 valence electrons. The normalized spacial score (nSPS) is 12.7. The van der Waals surface area contributed by atoms with E-state index in [1.54, 1.807) is 0 Å². The van der Waals surface area contributed by atoms with E-state index in [-0.39, 0.29) is 44.0 Å². The van der Waals surface area contributed by atoms with E-state index in [2.05, 4.69) is 112 Å². The van der Waals surface area contributed by atoms with E-state index in [0.29, 0.717) is 19.3 Å². The Morgan fingerprint density at radius 1 is 0.267 bits per heavy atom. The third kappa shape index (κ3) is 61.1. The molecule has 6 heteroatoms. The van der Waals surface area contributed by atoms with Gasteiger partial charge in [0.1, 0.15) is 13.2 Å². The summed E-state index contributed by atoms with van der Waals surface area (Å²) in [5.74, 6) is -1.05. The van der Waals surface area contributed by atoms with Crippen molar-refractivity contribution in [3.05, 3.63) is 97.2 Å². The maximum atomic E-state index is 12.9. The highest BCUT2D eigenvalue weighted by Gasteiger charge is 2.19. The third-order valence-electron chi connectivity index (χ3n) is 13.6. The molecule has 0 aromatic carbocycles. The second-order valence-electron chi connectivity index (χ2n) is 21.0. The van der Waals surface area contributed by atoms with Gasteiger partial charge in [-0.15, -0.1) is 0 Å². The van der Waals surface area contributed by atoms with Crippen LogP contribution >= 0.6 is 0 Å². The molecular formula is C69H118O6. The Bertz CT molecular complexity index is 1480. The van der Waals surface area contributed by atoms with Crippen LogP contribution in [0.2, 0.25) is 0 Å². The summed E-state index contributed by atoms with van der Waals surface area (Å²) in [4.78, 5) is 38.2. The van der Waals surface area contributed by atoms with Crippen LogP contribution in [-0.2, 0) is 28.6 Å². The molecule has 0 aliphatic rings. The number of carbonyl (C=O) groups is 3. The van der Waals surface area contributed by atoms with Gasteiger partial charge < -0.3 is 14.2 Å². The molecule has 0 aromatic rings. The number of hydrogen-bond donors (Lipinski definition) is 0. The topological polar surface area (TPSA) is 78.9 Å². The highest BCUT2D eigenvalue weighted by molar-refractivity contribution is 5.71. The van der Waals surface area contributed by atoms with Gasteiger partial charge in [0.05, 0.1) is 0 Å². The minimum Gasteiger partial charge on any atom is -0.462 e. The van der Waals surface area contributed by atoms with Gasteiger partial charge in [-0.05, 0) is 89.9 Å². The van der Waals surface area contributed by atoms with Gasteiger partial charge in [0.15, 0.2) is 6.10 Å². The van der Waals surface area contributed by atoms with Gasteiger partial charge >= 0.3 is 17.9 Å². The minimum atomic E-state index is -0.828. The van der Waals surface area contributed by atoms with Crippen molar-refractivity contribution in [3.8, 4) is 0 Å². The molecule has 0 bridgehead atoms. The van der Waals surface area contributed by atoms with Crippen molar-refractivity contribution in [2.24, 2.45) is 0 Å². The summed E-state index contributed by atoms with van der Waals surface area (Å²) in [5.41, 5.74) is 0. The molecule has 0 aromatic heterocycles. The van der Waals surface area contributed by atoms with Gasteiger partial charge in [-0.2, -0.15) is 0 Å². The molecule has 0 fully saturated rings. The van der Waals surface area contributed by atoms with E-state index >= 15 is 0 Å². The predicted molar refractivity (Wildman–Crippen MR) is 325 cm³/mol. The maximum absolute atomic E-state index is 12.9. The minimum absolute atomic E-state index is 0.125. The van der Waals surface area contributed by atoms with E-state index in [1.807, 2.05) is 6.08 Å². The van der Waals surface area contributed by atoms with Crippen molar-refractivity contribution in [1.29, 1.82) is 0 Å². The molecular weight excluding hydrogens is 925 g/mol. The van der Waals surface area contributed by atoms with Crippen LogP contribution in [0.4, 0.5) is 0 Å². The molecule has 0 amide bonds. The number of unbranched alkanes of at least 4 members (excludes halogenated alkanes) is 30. The van der Waals surface area contributed by atoms with Crippen molar-refractivity contribution < 1.29 is 28.6 Å². The highest BCUT2D eigenvalue weighted by Crippen LogP contribution is 2.16. The van der Waals surface area contributed by atoms with Crippen molar-refractivity contribution >= 4 is 17.9 Å². The zero-order chi connectivity index (χ0) is 54.3. The van der Waals surface area contributed by atoms with Crippen molar-refractivity contribution in [2.75, 3.05) is 13.2 Å². The molecule has 0 radical (unpaired) electrons. The Hall–Kier alpha value is -3.67. The first-order chi connectivity index (χ1) is 37.0. The first-order valence-electron chi connectivity index (χ1n) is 31.7. The molecule has 0 unspecified atom stereocenters. The first-order valence-corrected chi connectivity index (χ1v) is 31.7. The summed E-state index contributed by atoms with van der Waals surface area (Å²) < 4.78 is 16.8. The van der Waals surface area contributed by atoms with E-state index in [0.717, 1.165) is 64.2 Å². The molecule has 0 saturated heterocycles. The van der Waals surface area contributed by atoms with Gasteiger partial charge in [-0.3, -0.25) is 14.4 Å². The van der Waals surface area contributed by atoms with E-state index in [4.69, 9.17) is 14.2 Å². The fourth-order valence-electron chi connectivity index (χ4n) is 8.80. The molecule has 0 N–H and O–H groups in total. The lowest BCUT2D eigenvalue weighted by Crippen LogP contribution is -2.30. The average Bonchev–Trinajstić information content (AvgIpc) is 3.41. The van der Waals surface area contributed by atoms with E-state index < -0.39 is 6.10 Å². The zero-order valence-corrected chi connectivity index (χ0v) is 49.3. The quantitative estimate of drug-likeness (QED) is 0.0261. The van der Waals surface area contributed by atoms with Gasteiger partial charge in [0.2, 0.25) is 0 Å². The SMILES string of the molecule is CCCCC/C=C\C/C=C\C/C=C\C/C=C\C/C=C\CCC(=O)OC[C@H](COC(=O)CCC/C=C\C/C=C\C/C=C\CCCCCCCC)OC(=O)CCCCCCCCCCCCCCCCCCCCCCC. The number of rotatable bonds is 57. The Kier molecular flexibility index (Phi) is 59.8. The number of carbonyl (C=O) groups excluding carboxylic acids is 3. The highest BCUT2D eigenvalue weighted by atomic mass is 16.6. The lowest BCUT2D eigenvalue weighted by molar-refractivity contribution is -0.166. The largest absolute Gasteiger partial charge is 0.462 e. The van der Waals surface area contributed by atoms with Gasteiger partial charge in [-0.25, -0.2) is 0 Å². The Morgan fingerprint density at radius 3 is 0.893 bits per heavy atom. The monoisotopic (exact) mass is 1040 g/mol. The Balaban J connectivity index is 4.52. The maximum Gasteiger partial charge on any atom is 0.306 e. The molecule has 0 spiro atoms. The van der Waals surface area contributed by atoms with Crippen LogP contribution in [0, 0.1) is 0 Å². The molecule has 75 heavy (non-hydrogen) atoms. The zero-order valence-electron chi connectivity index (χ0n) is 49.3. The number of ether oxygens (including phenoxy) is 3. The molecule has 1 atom stereocenters. The predicted octanol–water partition coefficient (Wildman–Crippen LogP) is 21.7. The average molecular weight is 1040 g/mol. The van der Waals surface area contributed by atoms with Gasteiger partial charge in [0.25, 0.3) is 0 Å². The summed E-state index contributed by atoms with van der Waals surface area (Å²) in [6.45, 7) is 6.53. The van der Waals surface area contributed by atoms with Crippen molar-refractivity contribution in [2.45, 2.75) is 309 Å². The van der Waals surface area contributed by atoms with Crippen LogP contribution in [0.25, 0.3) is 0 Å². The smallest absolute Gasteiger partial charge is 0.306 e. The van der Waals surface area contributed by atoms with Gasteiger partial charge in [-0.1, -0.05) is 291 Å². The second-order valence-corrected chi connectivity index (χ2v) is 21.0. The summed E-state index contributed by atoms with van der Waals surface area (Å²) in [5, 5.41) is 0. The molecule has 0 heterocycles. The van der Waals surface area contributed by atoms with E-state index in [9.17, 15) is 14.4 Å². The fraction of sp³-hybridized carbons (Fsp3) is 0.725. The molecule has 0 aliphatic carbocycles. The summed E-state index contributed by atoms with van der Waals surface area (Å²) in [6.07, 6.45) is 84.3. The van der Waals surface area contributed by atoms with Crippen LogP contribution < -0.4 is 0 Å². The first kappa shape index (κ1) is 71.3. The molecule has 0 aliphatic heterocycles. The third-order valence-corrected chi connectivity index (χ3v) is 13.6. The number of hydrogen-bond acceptors (Lipinski definition) is 6. The summed E-state index contributed by atoms with van der Waals surface area (Å²) >= 11 is 0. The summed E-state index contributed by atoms with van der Waals surface area (Å²) in [7, 11) is 0. The fourth-order valence-corrected chi connectivity index (χ4v) is 8.80. The van der Waals surface area contributed by atoms with Crippen LogP contribution in [-0.4, -0.2) is 37.2 Å². The standard InChI is InChI=1S/C69H118O6/c1-4-7-10-13-16-19-22-25-28-31-33-34-36-39-42-45-48-51-54-57-60-63-69(72)75-66(64-73-67(70)61-58-55-52-49-46-43-40-37-30-27-24-21-18-15-12-9-6-3)65-74-68(71)62-59-56-53-50-47-44-41-38-35-32-29-26-23-20-17-14-11-8-5-2/h17,20,26-27,29-30,35,38,40,43-44,47,49,52-53,56,66H,4-16,18-19,21-25,28,31-34,36-37,39,41-42,45-46,48,50-51,54-55,57-65H2,1-3H3/b20-17-,29-26-,30-27-,38-35-,43-40-,47-44-,52-49-,56-53-/t66-/m0/s1. The summed E-state index contributed by atoms with van der Waals surface area (Å²) in [6, 6.07) is 0. The van der Waals surface area contributed by atoms with Crippen molar-refractivity contribution in [1.82, 2.24) is 0 Å². The van der Waals surface area contributed by atoms with Crippen LogP contribution in [0.15, 0.2) is 97.2 Å². The Labute approximate surface area is 464 Å². The Morgan fingerprint density at radius 2 is 0.520 bits per heavy atom. The van der Waals surface area contributed by atoms with Crippen LogP contribution in [0.3, 0.4) is 0 Å². The van der Waals surface area contributed by atoms with Crippen LogP contribution in [0.5, 0.6) is 0 Å². The lowest BCUT2D eigenvalue weighted by atomic mass is 10.0. The van der Waals surface area contributed by atoms with Gasteiger partial charge in [0, 0.05) is 19.3 Å². The van der Waals surface area contributed by atoms with E-state index in [1.165, 1.54) is 186 Å². The second kappa shape index (κ2) is 62.9. The lowest BCUT2D eigenvalue weighted by Gasteiger charge is -2.18.